The molecule has 0 fully saturated rings. The maximum absolute atomic E-state index is 12.0. The molecule has 0 heterocycles. The number of carboxylic acid groups (broad SMARTS) is 1. The summed E-state index contributed by atoms with van der Waals surface area (Å²) >= 11 is 2.75. The topological polar surface area (TPSA) is 70.3 Å². The molecule has 0 radical (unpaired) electrons. The van der Waals surface area contributed by atoms with Gasteiger partial charge in [-0.2, -0.15) is 5.26 Å². The number of halogens is 4. The summed E-state index contributed by atoms with van der Waals surface area (Å²) < 4.78 is 39.3. The Morgan fingerprint density at radius 1 is 1.47 bits per heavy atom. The molecule has 1 aromatic carbocycles. The lowest BCUT2D eigenvalue weighted by Gasteiger charge is -2.11. The van der Waals surface area contributed by atoms with Crippen molar-refractivity contribution in [3.63, 3.8) is 0 Å². The summed E-state index contributed by atoms with van der Waals surface area (Å²) in [7, 11) is 0. The Labute approximate surface area is 101 Å². The van der Waals surface area contributed by atoms with E-state index in [0.717, 1.165) is 12.1 Å². The Balaban J connectivity index is 3.33. The predicted molar refractivity (Wildman–Crippen MR) is 52.5 cm³/mol. The number of alkyl halides is 3. The number of benzene rings is 1. The highest BCUT2D eigenvalue weighted by Crippen LogP contribution is 2.33. The first-order chi connectivity index (χ1) is 7.76. The molecule has 0 aliphatic heterocycles. The molecule has 0 bridgehead atoms. The van der Waals surface area contributed by atoms with Gasteiger partial charge >= 0.3 is 12.3 Å². The molecule has 0 aliphatic rings. The molecule has 8 heteroatoms. The zero-order valence-corrected chi connectivity index (χ0v) is 9.46. The molecule has 0 spiro atoms. The molecular weight excluding hydrogens is 307 g/mol. The zero-order valence-electron chi connectivity index (χ0n) is 7.88. The molecule has 17 heavy (non-hydrogen) atoms. The largest absolute Gasteiger partial charge is 0.573 e. The number of hydrogen-bond acceptors (Lipinski definition) is 3. The number of carboxylic acids is 1. The van der Waals surface area contributed by atoms with Crippen molar-refractivity contribution in [3.05, 3.63) is 27.7 Å². The Kier molecular flexibility index (Phi) is 3.63. The average molecular weight is 310 g/mol. The van der Waals surface area contributed by atoms with Crippen LogP contribution in [0.4, 0.5) is 13.2 Å². The molecule has 90 valence electrons. The third kappa shape index (κ3) is 3.10. The van der Waals surface area contributed by atoms with Crippen molar-refractivity contribution in [2.45, 2.75) is 6.36 Å². The molecule has 0 saturated carbocycles. The number of carbonyl (C=O) groups is 1. The molecular formula is C9H3BrF3NO3. The lowest BCUT2D eigenvalue weighted by Crippen LogP contribution is -2.18. The lowest BCUT2D eigenvalue weighted by molar-refractivity contribution is -0.274. The van der Waals surface area contributed by atoms with Gasteiger partial charge in [0.05, 0.1) is 10.0 Å². The predicted octanol–water partition coefficient (Wildman–Crippen LogP) is 2.92. The van der Waals surface area contributed by atoms with E-state index in [0.29, 0.717) is 0 Å². The third-order valence-electron chi connectivity index (χ3n) is 1.67. The molecule has 0 saturated heterocycles. The SMILES string of the molecule is N#Cc1c(OC(F)(F)F)ccc(C(=O)O)c1Br. The fourth-order valence-electron chi connectivity index (χ4n) is 1.04. The molecule has 0 aliphatic carbocycles. The number of aromatic carboxylic acids is 1. The van der Waals surface area contributed by atoms with Gasteiger partial charge in [0.25, 0.3) is 0 Å². The van der Waals surface area contributed by atoms with Crippen LogP contribution in [0.15, 0.2) is 16.6 Å². The summed E-state index contributed by atoms with van der Waals surface area (Å²) in [6, 6.07) is 3.14. The molecule has 1 aromatic rings. The van der Waals surface area contributed by atoms with Gasteiger partial charge in [-0.3, -0.25) is 0 Å². The van der Waals surface area contributed by atoms with Gasteiger partial charge in [0.1, 0.15) is 17.4 Å². The number of nitrogens with zero attached hydrogens (tertiary/aromatic N) is 1. The Morgan fingerprint density at radius 3 is 2.47 bits per heavy atom. The van der Waals surface area contributed by atoms with Crippen molar-refractivity contribution in [1.82, 2.24) is 0 Å². The first-order valence-electron chi connectivity index (χ1n) is 3.98. The summed E-state index contributed by atoms with van der Waals surface area (Å²) in [6.45, 7) is 0. The van der Waals surface area contributed by atoms with Crippen LogP contribution in [0.25, 0.3) is 0 Å². The highest BCUT2D eigenvalue weighted by atomic mass is 79.9. The molecule has 4 nitrogen and oxygen atoms in total. The van der Waals surface area contributed by atoms with Gasteiger partial charge in [-0.15, -0.1) is 13.2 Å². The summed E-state index contributed by atoms with van der Waals surface area (Å²) in [5.74, 6) is -2.12. The van der Waals surface area contributed by atoms with Crippen molar-refractivity contribution in [2.75, 3.05) is 0 Å². The highest BCUT2D eigenvalue weighted by Gasteiger charge is 2.33. The maximum Gasteiger partial charge on any atom is 0.573 e. The Hall–Kier alpha value is -1.75. The molecule has 1 N–H and O–H groups in total. The Bertz CT molecular complexity index is 507. The monoisotopic (exact) mass is 309 g/mol. The van der Waals surface area contributed by atoms with Crippen LogP contribution >= 0.6 is 15.9 Å². The quantitative estimate of drug-likeness (QED) is 0.912. The van der Waals surface area contributed by atoms with E-state index in [4.69, 9.17) is 10.4 Å². The number of ether oxygens (including phenoxy) is 1. The molecule has 0 atom stereocenters. The van der Waals surface area contributed by atoms with Gasteiger partial charge in [-0.25, -0.2) is 4.79 Å². The van der Waals surface area contributed by atoms with Crippen LogP contribution in [0.2, 0.25) is 0 Å². The van der Waals surface area contributed by atoms with Gasteiger partial charge in [0.15, 0.2) is 0 Å². The normalized spacial score (nSPS) is 10.8. The van der Waals surface area contributed by atoms with Crippen molar-refractivity contribution >= 4 is 21.9 Å². The van der Waals surface area contributed by atoms with Crippen LogP contribution in [0.5, 0.6) is 5.75 Å². The van der Waals surface area contributed by atoms with Gasteiger partial charge in [-0.05, 0) is 28.1 Å². The van der Waals surface area contributed by atoms with E-state index in [-0.39, 0.29) is 10.0 Å². The summed E-state index contributed by atoms with van der Waals surface area (Å²) in [5, 5.41) is 17.4. The van der Waals surface area contributed by atoms with Crippen molar-refractivity contribution in [1.29, 1.82) is 5.26 Å². The van der Waals surface area contributed by atoms with E-state index in [1.165, 1.54) is 6.07 Å². The van der Waals surface area contributed by atoms with Gasteiger partial charge < -0.3 is 9.84 Å². The second-order valence-corrected chi connectivity index (χ2v) is 3.56. The third-order valence-corrected chi connectivity index (χ3v) is 2.50. The van der Waals surface area contributed by atoms with Crippen molar-refractivity contribution in [3.8, 4) is 11.8 Å². The van der Waals surface area contributed by atoms with Crippen LogP contribution in [0.1, 0.15) is 15.9 Å². The van der Waals surface area contributed by atoms with Crippen LogP contribution in [0.3, 0.4) is 0 Å². The van der Waals surface area contributed by atoms with Crippen molar-refractivity contribution < 1.29 is 27.8 Å². The van der Waals surface area contributed by atoms with E-state index < -0.39 is 23.6 Å². The minimum absolute atomic E-state index is 0.255. The van der Waals surface area contributed by atoms with Crippen LogP contribution in [0, 0.1) is 11.3 Å². The highest BCUT2D eigenvalue weighted by molar-refractivity contribution is 9.10. The summed E-state index contributed by atoms with van der Waals surface area (Å²) in [5.41, 5.74) is -0.849. The standard InChI is InChI=1S/C9H3BrF3NO3/c10-7-4(8(15)16)1-2-6(5(7)3-14)17-9(11,12)13/h1-2H,(H,15,16). The summed E-state index contributed by atoms with van der Waals surface area (Å²) in [6.07, 6.45) is -4.95. The number of hydrogen-bond donors (Lipinski definition) is 1. The van der Waals surface area contributed by atoms with Crippen molar-refractivity contribution in [2.24, 2.45) is 0 Å². The molecule has 1 rings (SSSR count). The van der Waals surface area contributed by atoms with Crippen LogP contribution in [-0.4, -0.2) is 17.4 Å². The van der Waals surface area contributed by atoms with Gasteiger partial charge in [-0.1, -0.05) is 0 Å². The van der Waals surface area contributed by atoms with E-state index in [1.807, 2.05) is 0 Å². The first-order valence-corrected chi connectivity index (χ1v) is 4.77. The zero-order chi connectivity index (χ0) is 13.2. The second kappa shape index (κ2) is 4.63. The minimum atomic E-state index is -4.95. The molecule has 0 aromatic heterocycles. The van der Waals surface area contributed by atoms with E-state index in [1.54, 1.807) is 0 Å². The van der Waals surface area contributed by atoms with Crippen LogP contribution < -0.4 is 4.74 Å². The average Bonchev–Trinajstić information content (AvgIpc) is 2.15. The van der Waals surface area contributed by atoms with E-state index in [2.05, 4.69) is 20.7 Å². The Morgan fingerprint density at radius 2 is 2.06 bits per heavy atom. The van der Waals surface area contributed by atoms with Crippen LogP contribution in [-0.2, 0) is 0 Å². The van der Waals surface area contributed by atoms with E-state index in [9.17, 15) is 18.0 Å². The van der Waals surface area contributed by atoms with Gasteiger partial charge in [0.2, 0.25) is 0 Å². The summed E-state index contributed by atoms with van der Waals surface area (Å²) in [4.78, 5) is 10.7. The lowest BCUT2D eigenvalue weighted by atomic mass is 10.1. The first kappa shape index (κ1) is 13.3. The fourth-order valence-corrected chi connectivity index (χ4v) is 1.62. The van der Waals surface area contributed by atoms with E-state index >= 15 is 0 Å². The number of rotatable bonds is 2. The minimum Gasteiger partial charge on any atom is -0.478 e. The molecule has 0 unspecified atom stereocenters. The fraction of sp³-hybridized carbons (Fsp3) is 0.111. The number of nitriles is 1. The molecule has 0 amide bonds. The smallest absolute Gasteiger partial charge is 0.478 e. The van der Waals surface area contributed by atoms with Gasteiger partial charge in [0, 0.05) is 0 Å². The second-order valence-electron chi connectivity index (χ2n) is 2.77. The maximum atomic E-state index is 12.0.